The molecule has 0 aliphatic rings. The molecule has 114 valence electrons. The molecule has 20 heavy (non-hydrogen) atoms. The van der Waals surface area contributed by atoms with Crippen LogP contribution in [0, 0.1) is 0 Å². The summed E-state index contributed by atoms with van der Waals surface area (Å²) < 4.78 is 0. The predicted octanol–water partition coefficient (Wildman–Crippen LogP) is 5.72. The molecule has 2 atom stereocenters. The number of benzene rings is 1. The van der Waals surface area contributed by atoms with Gasteiger partial charge < -0.3 is 4.80 Å². The Kier molecular flexibility index (Phi) is 6.47. The van der Waals surface area contributed by atoms with Crippen LogP contribution in [0.4, 0.5) is 0 Å². The van der Waals surface area contributed by atoms with Gasteiger partial charge in [0, 0.05) is 0 Å². The van der Waals surface area contributed by atoms with Gasteiger partial charge in [-0.15, -0.1) is 0 Å². The molecule has 0 heterocycles. The van der Waals surface area contributed by atoms with Gasteiger partial charge >= 0.3 is 0 Å². The highest BCUT2D eigenvalue weighted by molar-refractivity contribution is 6.74. The van der Waals surface area contributed by atoms with E-state index in [0.29, 0.717) is 5.92 Å². The van der Waals surface area contributed by atoms with E-state index in [0.717, 1.165) is 6.04 Å². The first-order valence-electron chi connectivity index (χ1n) is 8.05. The van der Waals surface area contributed by atoms with Crippen LogP contribution in [-0.2, 0) is 0 Å². The molecule has 0 spiro atoms. The lowest BCUT2D eigenvalue weighted by molar-refractivity contribution is 0.457. The molecule has 0 bridgehead atoms. The van der Waals surface area contributed by atoms with Crippen molar-refractivity contribution in [2.75, 3.05) is 0 Å². The zero-order valence-electron chi connectivity index (χ0n) is 13.9. The Hall–Kier alpha value is -0.603. The smallest absolute Gasteiger partial charge is 0.191 e. The Morgan fingerprint density at radius 3 is 2.20 bits per heavy atom. The second-order valence-corrected chi connectivity index (χ2v) is 11.8. The highest BCUT2D eigenvalue weighted by atomic mass is 28.4. The zero-order chi connectivity index (χ0) is 15.2. The van der Waals surface area contributed by atoms with Crippen LogP contribution >= 0.6 is 0 Å². The van der Waals surface area contributed by atoms with Crippen LogP contribution < -0.4 is 0 Å². The van der Waals surface area contributed by atoms with E-state index in [1.807, 2.05) is 0 Å². The lowest BCUT2D eigenvalue weighted by Crippen LogP contribution is -2.42. The van der Waals surface area contributed by atoms with Crippen molar-refractivity contribution in [3.63, 3.8) is 0 Å². The van der Waals surface area contributed by atoms with Gasteiger partial charge in [-0.2, -0.15) is 0 Å². The summed E-state index contributed by atoms with van der Waals surface area (Å²) in [6, 6.07) is 11.7. The van der Waals surface area contributed by atoms with Crippen LogP contribution in [-0.4, -0.2) is 13.1 Å². The SMILES string of the molecule is CCCCCC(C[Si](C)(O)C(C)(C)C)c1ccccc1. The number of hydrogen-bond donors (Lipinski definition) is 1. The minimum absolute atomic E-state index is 0.0464. The summed E-state index contributed by atoms with van der Waals surface area (Å²) in [5.41, 5.74) is 1.40. The van der Waals surface area contributed by atoms with Crippen LogP contribution in [0.2, 0.25) is 17.6 Å². The summed E-state index contributed by atoms with van der Waals surface area (Å²) >= 11 is 0. The molecule has 1 nitrogen and oxygen atoms in total. The van der Waals surface area contributed by atoms with Crippen molar-refractivity contribution in [3.8, 4) is 0 Å². The van der Waals surface area contributed by atoms with Crippen LogP contribution in [0.25, 0.3) is 0 Å². The standard InChI is InChI=1S/C18H32OSi/c1-6-7-9-14-17(16-12-10-8-11-13-16)15-20(5,19)18(2,3)4/h8,10-13,17,19H,6-7,9,14-15H2,1-5H3. The Bertz CT molecular complexity index is 378. The average molecular weight is 293 g/mol. The quantitative estimate of drug-likeness (QED) is 0.503. The fraction of sp³-hybridized carbons (Fsp3) is 0.667. The zero-order valence-corrected chi connectivity index (χ0v) is 14.9. The minimum Gasteiger partial charge on any atom is -0.431 e. The lowest BCUT2D eigenvalue weighted by Gasteiger charge is -2.37. The number of unbranched alkanes of at least 4 members (excludes halogenated alkanes) is 2. The molecule has 0 aromatic heterocycles. The Morgan fingerprint density at radius 2 is 1.70 bits per heavy atom. The van der Waals surface area contributed by atoms with E-state index in [-0.39, 0.29) is 5.04 Å². The van der Waals surface area contributed by atoms with Crippen molar-refractivity contribution in [2.45, 2.75) is 76.9 Å². The maximum Gasteiger partial charge on any atom is 0.191 e. The Labute approximate surface area is 126 Å². The molecule has 0 aliphatic carbocycles. The van der Waals surface area contributed by atoms with Gasteiger partial charge in [-0.25, -0.2) is 0 Å². The molecule has 0 saturated carbocycles. The number of rotatable bonds is 7. The summed E-state index contributed by atoms with van der Waals surface area (Å²) in [5.74, 6) is 0.517. The third-order valence-corrected chi connectivity index (χ3v) is 9.21. The van der Waals surface area contributed by atoms with Crippen LogP contribution in [0.15, 0.2) is 30.3 Å². The summed E-state index contributed by atoms with van der Waals surface area (Å²) in [6.45, 7) is 10.9. The summed E-state index contributed by atoms with van der Waals surface area (Å²) in [4.78, 5) is 11.0. The Balaban J connectivity index is 2.83. The fourth-order valence-corrected chi connectivity index (χ4v) is 4.55. The maximum absolute atomic E-state index is 11.0. The van der Waals surface area contributed by atoms with E-state index in [4.69, 9.17) is 0 Å². The van der Waals surface area contributed by atoms with Crippen molar-refractivity contribution < 1.29 is 4.80 Å². The molecule has 2 heteroatoms. The molecule has 2 unspecified atom stereocenters. The van der Waals surface area contributed by atoms with Crippen molar-refractivity contribution in [1.82, 2.24) is 0 Å². The Morgan fingerprint density at radius 1 is 1.10 bits per heavy atom. The summed E-state index contributed by atoms with van der Waals surface area (Å²) in [5, 5.41) is 0.0464. The van der Waals surface area contributed by atoms with Gasteiger partial charge in [-0.05, 0) is 35.5 Å². The minimum atomic E-state index is -2.21. The highest BCUT2D eigenvalue weighted by Gasteiger charge is 2.40. The van der Waals surface area contributed by atoms with E-state index < -0.39 is 8.32 Å². The monoisotopic (exact) mass is 292 g/mol. The van der Waals surface area contributed by atoms with Gasteiger partial charge in [0.25, 0.3) is 0 Å². The maximum atomic E-state index is 11.0. The van der Waals surface area contributed by atoms with Crippen molar-refractivity contribution in [2.24, 2.45) is 0 Å². The summed E-state index contributed by atoms with van der Waals surface area (Å²) in [6.07, 6.45) is 5.03. The first-order valence-corrected chi connectivity index (χ1v) is 10.7. The molecule has 0 amide bonds. The molecule has 0 radical (unpaired) electrons. The molecular formula is C18H32OSi. The van der Waals surface area contributed by atoms with E-state index in [1.165, 1.54) is 31.2 Å². The molecule has 0 fully saturated rings. The van der Waals surface area contributed by atoms with E-state index in [2.05, 4.69) is 64.6 Å². The lowest BCUT2D eigenvalue weighted by atomic mass is 9.95. The topological polar surface area (TPSA) is 20.2 Å². The molecule has 0 saturated heterocycles. The predicted molar refractivity (Wildman–Crippen MR) is 91.7 cm³/mol. The average Bonchev–Trinajstić information content (AvgIpc) is 2.37. The van der Waals surface area contributed by atoms with Gasteiger partial charge in [-0.3, -0.25) is 0 Å². The molecule has 1 aromatic rings. The van der Waals surface area contributed by atoms with Crippen molar-refractivity contribution in [1.29, 1.82) is 0 Å². The van der Waals surface area contributed by atoms with Gasteiger partial charge in [0.1, 0.15) is 0 Å². The van der Waals surface area contributed by atoms with E-state index in [9.17, 15) is 4.80 Å². The first-order chi connectivity index (χ1) is 9.28. The highest BCUT2D eigenvalue weighted by Crippen LogP contribution is 2.42. The molecule has 1 N–H and O–H groups in total. The summed E-state index contributed by atoms with van der Waals surface area (Å²) in [7, 11) is -2.21. The van der Waals surface area contributed by atoms with Crippen LogP contribution in [0.5, 0.6) is 0 Å². The third kappa shape index (κ3) is 5.06. The third-order valence-electron chi connectivity index (χ3n) is 4.69. The first kappa shape index (κ1) is 17.4. The molecule has 1 aromatic carbocycles. The van der Waals surface area contributed by atoms with Gasteiger partial charge in [0.05, 0.1) is 0 Å². The van der Waals surface area contributed by atoms with Crippen molar-refractivity contribution >= 4 is 8.32 Å². The number of hydrogen-bond acceptors (Lipinski definition) is 1. The molecule has 0 aliphatic heterocycles. The fourth-order valence-electron chi connectivity index (χ4n) is 2.54. The van der Waals surface area contributed by atoms with E-state index in [1.54, 1.807) is 0 Å². The van der Waals surface area contributed by atoms with Gasteiger partial charge in [0.15, 0.2) is 8.32 Å². The molecule has 1 rings (SSSR count). The second kappa shape index (κ2) is 7.42. The molecular weight excluding hydrogens is 260 g/mol. The van der Waals surface area contributed by atoms with Gasteiger partial charge in [-0.1, -0.05) is 77.3 Å². The largest absolute Gasteiger partial charge is 0.431 e. The van der Waals surface area contributed by atoms with E-state index >= 15 is 0 Å². The van der Waals surface area contributed by atoms with Crippen molar-refractivity contribution in [3.05, 3.63) is 35.9 Å². The van der Waals surface area contributed by atoms with Gasteiger partial charge in [0.2, 0.25) is 0 Å². The van der Waals surface area contributed by atoms with Crippen LogP contribution in [0.1, 0.15) is 64.9 Å². The normalized spacial score (nSPS) is 16.7. The second-order valence-electron chi connectivity index (χ2n) is 7.33. The van der Waals surface area contributed by atoms with Crippen LogP contribution in [0.3, 0.4) is 0 Å².